The van der Waals surface area contributed by atoms with Gasteiger partial charge in [0.05, 0.1) is 29.6 Å². The maximum atomic E-state index is 15.6. The molecule has 26 heteroatoms. The number of nitrogen functional groups attached to an aromatic ring is 1. The van der Waals surface area contributed by atoms with E-state index in [1.54, 1.807) is 90.1 Å². The number of nitrogens with one attached hydrogen (secondary N) is 1. The number of aliphatic hydroxyl groups excluding tert-OH is 1. The van der Waals surface area contributed by atoms with Gasteiger partial charge in [0.15, 0.2) is 39.2 Å². The van der Waals surface area contributed by atoms with Crippen LogP contribution in [0.2, 0.25) is 0 Å². The maximum Gasteiger partial charge on any atom is 0.410 e. The molecular weight excluding hydrogens is 1240 g/mol. The first-order valence-electron chi connectivity index (χ1n) is 29.7. The lowest BCUT2D eigenvalue weighted by atomic mass is 9.42. The van der Waals surface area contributed by atoms with Gasteiger partial charge in [-0.1, -0.05) is 81.1 Å². The van der Waals surface area contributed by atoms with E-state index in [0.29, 0.717) is 59.2 Å². The molecule has 2 saturated heterocycles. The van der Waals surface area contributed by atoms with Crippen molar-refractivity contribution in [3.8, 4) is 11.5 Å². The molecule has 24 nitrogen and oxygen atoms in total. The number of rotatable bonds is 14. The molecule has 3 aliphatic carbocycles. The molecule has 11 rings (SSSR count). The summed E-state index contributed by atoms with van der Waals surface area (Å²) in [6.07, 6.45) is -7.77. The number of fused-ring (bicyclic) bond motifs is 7. The molecule has 5 heterocycles. The number of alkyl carbamates (subject to hydrolysis) is 1. The largest absolute Gasteiger partial charge is 0.459 e. The van der Waals surface area contributed by atoms with Crippen LogP contribution in [0, 0.1) is 34.5 Å². The summed E-state index contributed by atoms with van der Waals surface area (Å²) in [5.74, 6) is -7.81. The van der Waals surface area contributed by atoms with Gasteiger partial charge >= 0.3 is 30.1 Å². The van der Waals surface area contributed by atoms with Gasteiger partial charge in [0.25, 0.3) is 0 Å². The van der Waals surface area contributed by atoms with Crippen LogP contribution in [0.3, 0.4) is 0 Å². The number of halogens is 1. The Hall–Kier alpha value is -7.39. The summed E-state index contributed by atoms with van der Waals surface area (Å²) in [4.78, 5) is 119. The number of carbonyl (C=O) groups excluding carboxylic acids is 7. The Morgan fingerprint density at radius 1 is 0.955 bits per heavy atom. The Kier molecular flexibility index (Phi) is 17.1. The number of imidazole rings is 1. The molecule has 6 aliphatic rings. The number of ketones is 2. The monoisotopic (exact) mass is 1310 g/mol. The minimum atomic E-state index is -2.47. The van der Waals surface area contributed by atoms with E-state index in [0.717, 1.165) is 16.3 Å². The molecule has 3 aliphatic heterocycles. The molecule has 5 N–H and O–H groups in total. The zero-order valence-corrected chi connectivity index (χ0v) is 52.9. The molecule has 3 aromatic carbocycles. The van der Waals surface area contributed by atoms with Crippen molar-refractivity contribution in [1.82, 2.24) is 29.7 Å². The van der Waals surface area contributed by atoms with E-state index in [-0.39, 0.29) is 50.2 Å². The summed E-state index contributed by atoms with van der Waals surface area (Å²) in [5, 5.41) is 29.5. The van der Waals surface area contributed by atoms with E-state index in [9.17, 15) is 29.4 Å². The number of likely N-dealkylation sites (tertiary alicyclic amines) is 1. The van der Waals surface area contributed by atoms with Crippen LogP contribution >= 0.6 is 27.7 Å². The van der Waals surface area contributed by atoms with Gasteiger partial charge in [-0.2, -0.15) is 0 Å². The smallest absolute Gasteiger partial charge is 0.410 e. The van der Waals surface area contributed by atoms with Crippen LogP contribution in [0.5, 0.6) is 11.5 Å². The highest BCUT2D eigenvalue weighted by Crippen LogP contribution is 2.64. The Balaban J connectivity index is 0.896. The third kappa shape index (κ3) is 11.6. The number of nitrogens with zero attached hydrogens (tertiary/aromatic N) is 5. The van der Waals surface area contributed by atoms with Crippen LogP contribution in [-0.4, -0.2) is 150 Å². The number of aromatic nitrogens is 4. The number of carbonyl (C=O) groups is 7. The maximum absolute atomic E-state index is 15.6. The van der Waals surface area contributed by atoms with Gasteiger partial charge in [0.2, 0.25) is 24.5 Å². The van der Waals surface area contributed by atoms with Gasteiger partial charge in [-0.15, -0.1) is 0 Å². The number of hydrogen-bond acceptors (Lipinski definition) is 22. The van der Waals surface area contributed by atoms with Gasteiger partial charge in [-0.05, 0) is 98.6 Å². The predicted octanol–water partition coefficient (Wildman–Crippen LogP) is 7.71. The number of esters is 3. The lowest BCUT2D eigenvalue weighted by molar-refractivity contribution is -0.350. The first-order chi connectivity index (χ1) is 42.1. The van der Waals surface area contributed by atoms with E-state index >= 15 is 14.4 Å². The third-order valence-corrected chi connectivity index (χ3v) is 20.8. The molecule has 2 bridgehead atoms. The van der Waals surface area contributed by atoms with Gasteiger partial charge in [0.1, 0.15) is 41.9 Å². The lowest BCUT2D eigenvalue weighted by Gasteiger charge is -2.67. The lowest BCUT2D eigenvalue weighted by Crippen LogP contribution is -2.82. The highest BCUT2D eigenvalue weighted by molar-refractivity contribution is 9.10. The molecule has 89 heavy (non-hydrogen) atoms. The number of benzene rings is 3. The average Bonchev–Trinajstić information content (AvgIpc) is 1.12. The molecule has 0 spiro atoms. The summed E-state index contributed by atoms with van der Waals surface area (Å²) in [6.45, 7) is 12.7. The van der Waals surface area contributed by atoms with Gasteiger partial charge in [0, 0.05) is 66.0 Å². The van der Waals surface area contributed by atoms with Crippen molar-refractivity contribution in [3.63, 3.8) is 0 Å². The minimum absolute atomic E-state index is 0.0439. The van der Waals surface area contributed by atoms with Crippen LogP contribution < -0.4 is 20.5 Å². The van der Waals surface area contributed by atoms with Crippen molar-refractivity contribution >= 4 is 86.3 Å². The summed E-state index contributed by atoms with van der Waals surface area (Å²) in [5.41, 5.74) is -1.54. The SMILES string of the molecule is CC(=O)OC12COC1CC(O)C1(C)C(=O)C(=O)C3C(C)C(OC(=O)C(OC(=O)N4CCC(CCn5c(Sc6cc7c(cc6Br)OCO7)nc6c(N)ncnc65)CC4)C(NC(=O)OC(C)(C)C)c4ccccc4)CC(O)(C(OC(=O)c4ccccc4)C21)C3(C)C. The summed E-state index contributed by atoms with van der Waals surface area (Å²) in [7, 11) is 0. The fraction of sp³-hybridized carbons (Fsp3) is 0.524. The molecule has 2 amide bonds. The number of aliphatic hydroxyl groups is 2. The van der Waals surface area contributed by atoms with Gasteiger partial charge < -0.3 is 68.6 Å². The summed E-state index contributed by atoms with van der Waals surface area (Å²) in [6, 6.07) is 18.3. The van der Waals surface area contributed by atoms with Gasteiger partial charge in [-0.25, -0.2) is 34.1 Å². The molecule has 12 unspecified atom stereocenters. The van der Waals surface area contributed by atoms with Crippen LogP contribution in [0.25, 0.3) is 11.2 Å². The first-order valence-corrected chi connectivity index (χ1v) is 31.3. The van der Waals surface area contributed by atoms with E-state index < -0.39 is 130 Å². The van der Waals surface area contributed by atoms with Crippen LogP contribution in [-0.2, 0) is 54.1 Å². The van der Waals surface area contributed by atoms with Crippen molar-refractivity contribution in [3.05, 3.63) is 94.7 Å². The molecule has 12 atom stereocenters. The number of Topliss-reactive ketones (excluding diaryl/α,β-unsaturated/α-hetero) is 2. The highest BCUT2D eigenvalue weighted by Gasteiger charge is 2.79. The Morgan fingerprint density at radius 3 is 2.28 bits per heavy atom. The standard InChI is InChI=1S/C63H72BrN7O17S/c1-32-40(28-63(80)51(86-54(76)36-17-13-10-14-18-36)49-61(8,50(75)47(74)44(32)60(63,6)7)42(73)27-43-62(49,29-81-43)87-33(2)72)84-55(77)48(45(35-15-11-9-12-16-35)69-57(78)88-59(3,4)5)85-58(79)70-22-19-34(20-23-70)21-24-71-53-46(52(65)66-30-67-53)68-56(71)89-41-26-39-38(25-37(41)64)82-31-83-39/h9-18,25-26,30,32,34,40,42-45,48-49,51,73,80H,19-24,27-29,31H2,1-8H3,(H,69,78)(H2,65,66,67). The van der Waals surface area contributed by atoms with Crippen molar-refractivity contribution in [1.29, 1.82) is 0 Å². The molecule has 474 valence electrons. The number of ether oxygens (including phenoxy) is 8. The second-order valence-electron chi connectivity index (χ2n) is 25.7. The van der Waals surface area contributed by atoms with E-state index in [4.69, 9.17) is 48.6 Å². The predicted molar refractivity (Wildman–Crippen MR) is 320 cm³/mol. The average molecular weight is 1310 g/mol. The normalized spacial score (nSPS) is 28.6. The Morgan fingerprint density at radius 2 is 1.63 bits per heavy atom. The fourth-order valence-electron chi connectivity index (χ4n) is 14.2. The molecule has 0 radical (unpaired) electrons. The first kappa shape index (κ1) is 63.2. The number of nitrogens with two attached hydrogens (primary N) is 1. The topological polar surface area (TPSA) is 319 Å². The number of anilines is 1. The van der Waals surface area contributed by atoms with E-state index in [2.05, 4.69) is 31.2 Å². The quantitative estimate of drug-likeness (QED) is 0.0469. The summed E-state index contributed by atoms with van der Waals surface area (Å²) < 4.78 is 51.0. The highest BCUT2D eigenvalue weighted by atomic mass is 79.9. The van der Waals surface area contributed by atoms with Crippen molar-refractivity contribution in [2.24, 2.45) is 34.5 Å². The van der Waals surface area contributed by atoms with Crippen molar-refractivity contribution in [2.45, 2.75) is 157 Å². The Bertz CT molecular complexity index is 3600. The zero-order chi connectivity index (χ0) is 63.7. The number of piperidine rings is 1. The zero-order valence-electron chi connectivity index (χ0n) is 50.5. The van der Waals surface area contributed by atoms with E-state index in [1.807, 2.05) is 16.7 Å². The number of aryl methyl sites for hydroxylation is 1. The second-order valence-corrected chi connectivity index (χ2v) is 27.5. The van der Waals surface area contributed by atoms with Crippen molar-refractivity contribution in [2.75, 3.05) is 32.2 Å². The Labute approximate surface area is 525 Å². The van der Waals surface area contributed by atoms with Crippen molar-refractivity contribution < 1.29 is 81.7 Å². The molecular formula is C63H72BrN7O17S. The molecule has 5 fully saturated rings. The number of amides is 2. The van der Waals surface area contributed by atoms with Crippen LogP contribution in [0.4, 0.5) is 15.4 Å². The molecule has 2 aromatic heterocycles. The minimum Gasteiger partial charge on any atom is -0.459 e. The molecule has 3 saturated carbocycles. The fourth-order valence-corrected chi connectivity index (χ4v) is 15.7. The molecule has 5 aromatic rings. The summed E-state index contributed by atoms with van der Waals surface area (Å²) >= 11 is 5.05. The third-order valence-electron chi connectivity index (χ3n) is 18.9. The second kappa shape index (κ2) is 24.1. The van der Waals surface area contributed by atoms with E-state index in [1.165, 1.54) is 42.0 Å². The number of hydrogen-bond donors (Lipinski definition) is 4. The van der Waals surface area contributed by atoms with Crippen LogP contribution in [0.15, 0.2) is 93.6 Å². The van der Waals surface area contributed by atoms with Gasteiger partial charge in [-0.3, -0.25) is 14.4 Å². The van der Waals surface area contributed by atoms with Crippen LogP contribution in [0.1, 0.15) is 109 Å².